The van der Waals surface area contributed by atoms with Gasteiger partial charge in [-0.15, -0.1) is 10.2 Å². The van der Waals surface area contributed by atoms with Crippen LogP contribution >= 0.6 is 11.8 Å². The first-order valence-corrected chi connectivity index (χ1v) is 12.3. The summed E-state index contributed by atoms with van der Waals surface area (Å²) in [4.78, 5) is 12.3. The fourth-order valence-electron chi connectivity index (χ4n) is 2.88. The van der Waals surface area contributed by atoms with E-state index >= 15 is 0 Å². The van der Waals surface area contributed by atoms with Crippen molar-refractivity contribution in [3.63, 3.8) is 0 Å². The third-order valence-electron chi connectivity index (χ3n) is 4.61. The van der Waals surface area contributed by atoms with Gasteiger partial charge in [0, 0.05) is 24.3 Å². The van der Waals surface area contributed by atoms with E-state index < -0.39 is 15.8 Å². The van der Waals surface area contributed by atoms with Crippen LogP contribution in [0.5, 0.6) is 0 Å². The highest BCUT2D eigenvalue weighted by molar-refractivity contribution is 7.99. The first kappa shape index (κ1) is 23.9. The zero-order chi connectivity index (χ0) is 23.3. The number of hydrogen-bond acceptors (Lipinski definition) is 7. The molecular formula is C21H23FN4O4S2. The maximum Gasteiger partial charge on any atom is 0.277 e. The predicted molar refractivity (Wildman–Crippen MR) is 120 cm³/mol. The van der Waals surface area contributed by atoms with Crippen LogP contribution in [0.3, 0.4) is 0 Å². The molecule has 0 aliphatic rings. The number of anilines is 1. The fourth-order valence-corrected chi connectivity index (χ4v) is 4.95. The molecule has 1 aromatic heterocycles. The third-order valence-corrected chi connectivity index (χ3v) is 7.48. The summed E-state index contributed by atoms with van der Waals surface area (Å²) in [5.41, 5.74) is 1.30. The second kappa shape index (κ2) is 10.2. The van der Waals surface area contributed by atoms with Gasteiger partial charge in [-0.05, 0) is 42.8 Å². The maximum absolute atomic E-state index is 13.6. The fraction of sp³-hybridized carbons (Fsp3) is 0.286. The lowest BCUT2D eigenvalue weighted by atomic mass is 10.2. The molecule has 0 saturated heterocycles. The summed E-state index contributed by atoms with van der Waals surface area (Å²) in [6.07, 6.45) is 0. The monoisotopic (exact) mass is 478 g/mol. The molecule has 0 atom stereocenters. The minimum absolute atomic E-state index is 0.0203. The lowest BCUT2D eigenvalue weighted by molar-refractivity contribution is -0.113. The number of sulfonamides is 1. The second-order valence-electron chi connectivity index (χ2n) is 6.79. The standard InChI is InChI=1S/C21H23FN4O4S2/c1-4-26(5-2)32(28,29)17-8-6-7-15(11-17)20-24-25-21(30-20)31-13-19(27)23-16-10-9-14(3)18(22)12-16/h6-12H,4-5,13H2,1-3H3,(H,23,27). The summed E-state index contributed by atoms with van der Waals surface area (Å²) < 4.78 is 46.0. The summed E-state index contributed by atoms with van der Waals surface area (Å²) in [5.74, 6) is -0.634. The number of thioether (sulfide) groups is 1. The van der Waals surface area contributed by atoms with Crippen molar-refractivity contribution in [3.8, 4) is 11.5 Å². The van der Waals surface area contributed by atoms with Crippen LogP contribution in [0.2, 0.25) is 0 Å². The number of aryl methyl sites for hydroxylation is 1. The summed E-state index contributed by atoms with van der Waals surface area (Å²) in [6, 6.07) is 10.7. The molecule has 1 N–H and O–H groups in total. The Morgan fingerprint density at radius 1 is 1.16 bits per heavy atom. The van der Waals surface area contributed by atoms with Crippen molar-refractivity contribution >= 4 is 33.4 Å². The van der Waals surface area contributed by atoms with Crippen LogP contribution < -0.4 is 5.32 Å². The van der Waals surface area contributed by atoms with Gasteiger partial charge >= 0.3 is 0 Å². The molecule has 1 amide bonds. The van der Waals surface area contributed by atoms with Gasteiger partial charge in [-0.2, -0.15) is 4.31 Å². The maximum atomic E-state index is 13.6. The van der Waals surface area contributed by atoms with Crippen molar-refractivity contribution in [2.24, 2.45) is 0 Å². The minimum Gasteiger partial charge on any atom is -0.411 e. The van der Waals surface area contributed by atoms with Gasteiger partial charge in [0.15, 0.2) is 0 Å². The van der Waals surface area contributed by atoms with Gasteiger partial charge < -0.3 is 9.73 Å². The smallest absolute Gasteiger partial charge is 0.277 e. The van der Waals surface area contributed by atoms with Gasteiger partial charge in [0.1, 0.15) is 5.82 Å². The minimum atomic E-state index is -3.62. The Morgan fingerprint density at radius 2 is 1.91 bits per heavy atom. The van der Waals surface area contributed by atoms with E-state index in [9.17, 15) is 17.6 Å². The highest BCUT2D eigenvalue weighted by atomic mass is 32.2. The van der Waals surface area contributed by atoms with Crippen molar-refractivity contribution < 1.29 is 22.0 Å². The first-order valence-electron chi connectivity index (χ1n) is 9.87. The summed E-state index contributed by atoms with van der Waals surface area (Å²) in [6.45, 7) is 5.91. The lowest BCUT2D eigenvalue weighted by Gasteiger charge is -2.18. The van der Waals surface area contributed by atoms with Gasteiger partial charge in [-0.3, -0.25) is 4.79 Å². The summed E-state index contributed by atoms with van der Waals surface area (Å²) in [7, 11) is -3.62. The molecule has 11 heteroatoms. The predicted octanol–water partition coefficient (Wildman–Crippen LogP) is 3.95. The number of halogens is 1. The van der Waals surface area contributed by atoms with E-state index in [4.69, 9.17) is 4.42 Å². The molecular weight excluding hydrogens is 455 g/mol. The zero-order valence-electron chi connectivity index (χ0n) is 17.8. The number of aromatic nitrogens is 2. The van der Waals surface area contributed by atoms with Crippen LogP contribution in [0.25, 0.3) is 11.5 Å². The van der Waals surface area contributed by atoms with E-state index in [1.165, 1.54) is 22.5 Å². The molecule has 170 valence electrons. The number of nitrogens with one attached hydrogen (secondary N) is 1. The second-order valence-corrected chi connectivity index (χ2v) is 9.66. The number of amides is 1. The number of carbonyl (C=O) groups is 1. The number of hydrogen-bond donors (Lipinski definition) is 1. The number of benzene rings is 2. The lowest BCUT2D eigenvalue weighted by Crippen LogP contribution is -2.30. The number of rotatable bonds is 9. The van der Waals surface area contributed by atoms with Crippen molar-refractivity contribution in [2.75, 3.05) is 24.2 Å². The van der Waals surface area contributed by atoms with E-state index in [-0.39, 0.29) is 27.7 Å². The van der Waals surface area contributed by atoms with Crippen molar-refractivity contribution in [1.29, 1.82) is 0 Å². The van der Waals surface area contributed by atoms with Crippen molar-refractivity contribution in [3.05, 3.63) is 53.8 Å². The molecule has 0 aliphatic carbocycles. The highest BCUT2D eigenvalue weighted by Crippen LogP contribution is 2.26. The van der Waals surface area contributed by atoms with Crippen molar-refractivity contribution in [2.45, 2.75) is 30.9 Å². The van der Waals surface area contributed by atoms with Crippen LogP contribution in [0.1, 0.15) is 19.4 Å². The molecule has 0 radical (unpaired) electrons. The van der Waals surface area contributed by atoms with E-state index in [2.05, 4.69) is 15.5 Å². The van der Waals surface area contributed by atoms with Crippen molar-refractivity contribution in [1.82, 2.24) is 14.5 Å². The molecule has 0 unspecified atom stereocenters. The Balaban J connectivity index is 1.67. The summed E-state index contributed by atoms with van der Waals surface area (Å²) >= 11 is 1.02. The SMILES string of the molecule is CCN(CC)S(=O)(=O)c1cccc(-c2nnc(SCC(=O)Nc3ccc(C)c(F)c3)o2)c1. The van der Waals surface area contributed by atoms with Gasteiger partial charge in [-0.1, -0.05) is 37.7 Å². The Bertz CT molecular complexity index is 1210. The molecule has 1 heterocycles. The molecule has 2 aromatic carbocycles. The van der Waals surface area contributed by atoms with Gasteiger partial charge in [0.25, 0.3) is 5.22 Å². The van der Waals surface area contributed by atoms with Crippen LogP contribution in [-0.2, 0) is 14.8 Å². The summed E-state index contributed by atoms with van der Waals surface area (Å²) in [5, 5.41) is 10.6. The van der Waals surface area contributed by atoms with Crippen LogP contribution in [-0.4, -0.2) is 47.7 Å². The molecule has 0 saturated carbocycles. The molecule has 32 heavy (non-hydrogen) atoms. The molecule has 8 nitrogen and oxygen atoms in total. The van der Waals surface area contributed by atoms with Crippen LogP contribution in [0, 0.1) is 12.7 Å². The highest BCUT2D eigenvalue weighted by Gasteiger charge is 2.22. The van der Waals surface area contributed by atoms with Crippen LogP contribution in [0.4, 0.5) is 10.1 Å². The molecule has 3 aromatic rings. The topological polar surface area (TPSA) is 105 Å². The Labute approximate surface area is 190 Å². The Kier molecular flexibility index (Phi) is 7.64. The van der Waals surface area contributed by atoms with E-state index in [0.717, 1.165) is 11.8 Å². The average molecular weight is 479 g/mol. The first-order chi connectivity index (χ1) is 15.2. The van der Waals surface area contributed by atoms with E-state index in [1.54, 1.807) is 45.0 Å². The van der Waals surface area contributed by atoms with Gasteiger partial charge in [-0.25, -0.2) is 12.8 Å². The quantitative estimate of drug-likeness (QED) is 0.464. The van der Waals surface area contributed by atoms with E-state index in [1.807, 2.05) is 0 Å². The average Bonchev–Trinajstić information content (AvgIpc) is 3.25. The van der Waals surface area contributed by atoms with Crippen LogP contribution in [0.15, 0.2) is 57.0 Å². The Morgan fingerprint density at radius 3 is 2.59 bits per heavy atom. The molecule has 0 spiro atoms. The molecule has 3 rings (SSSR count). The van der Waals surface area contributed by atoms with Gasteiger partial charge in [0.2, 0.25) is 21.8 Å². The largest absolute Gasteiger partial charge is 0.411 e. The third kappa shape index (κ3) is 5.53. The molecule has 0 aliphatic heterocycles. The normalized spacial score (nSPS) is 11.7. The molecule has 0 fully saturated rings. The van der Waals surface area contributed by atoms with Gasteiger partial charge in [0.05, 0.1) is 10.6 Å². The molecule has 0 bridgehead atoms. The van der Waals surface area contributed by atoms with E-state index in [0.29, 0.717) is 29.9 Å². The zero-order valence-corrected chi connectivity index (χ0v) is 19.5. The Hall–Kier alpha value is -2.76. The number of carbonyl (C=O) groups excluding carboxylic acids is 1. The number of nitrogens with zero attached hydrogens (tertiary/aromatic N) is 3.